The molecule has 0 spiro atoms. The van der Waals surface area contributed by atoms with Crippen LogP contribution in [0, 0.1) is 5.82 Å². The Morgan fingerprint density at radius 2 is 1.84 bits per heavy atom. The first kappa shape index (κ1) is 15.0. The van der Waals surface area contributed by atoms with Gasteiger partial charge in [-0.05, 0) is 51.3 Å². The maximum Gasteiger partial charge on any atom is 0.124 e. The van der Waals surface area contributed by atoms with Crippen LogP contribution >= 0.6 is 43.5 Å². The second-order valence-corrected chi connectivity index (χ2v) is 6.25. The molecule has 2 aromatic rings. The summed E-state index contributed by atoms with van der Waals surface area (Å²) in [5.41, 5.74) is 1.57. The SMILES string of the molecule is OC(Cc1ccc(F)cc1Br)c1ccc(Br)c(Cl)c1. The Balaban J connectivity index is 2.20. The molecule has 2 aromatic carbocycles. The van der Waals surface area contributed by atoms with Gasteiger partial charge in [0.25, 0.3) is 0 Å². The van der Waals surface area contributed by atoms with Crippen LogP contribution in [-0.4, -0.2) is 5.11 Å². The van der Waals surface area contributed by atoms with E-state index in [9.17, 15) is 9.50 Å². The van der Waals surface area contributed by atoms with Crippen molar-refractivity contribution >= 4 is 43.5 Å². The zero-order valence-electron chi connectivity index (χ0n) is 9.71. The molecule has 0 heterocycles. The molecule has 0 aliphatic carbocycles. The molecule has 0 radical (unpaired) electrons. The fourth-order valence-corrected chi connectivity index (χ4v) is 2.68. The lowest BCUT2D eigenvalue weighted by molar-refractivity contribution is 0.178. The molecule has 0 bridgehead atoms. The predicted octanol–water partition coefficient (Wildman–Crippen LogP) is 5.28. The highest BCUT2D eigenvalue weighted by Gasteiger charge is 2.12. The Bertz CT molecular complexity index is 604. The first-order chi connectivity index (χ1) is 8.97. The molecule has 1 unspecified atom stereocenters. The topological polar surface area (TPSA) is 20.2 Å². The Morgan fingerprint density at radius 3 is 2.47 bits per heavy atom. The molecular formula is C14H10Br2ClFO. The van der Waals surface area contributed by atoms with E-state index in [0.717, 1.165) is 15.6 Å². The lowest BCUT2D eigenvalue weighted by Gasteiger charge is -2.13. The molecule has 0 aromatic heterocycles. The molecule has 100 valence electrons. The van der Waals surface area contributed by atoms with Crippen molar-refractivity contribution in [3.05, 3.63) is 67.3 Å². The van der Waals surface area contributed by atoms with Crippen molar-refractivity contribution in [2.45, 2.75) is 12.5 Å². The summed E-state index contributed by atoms with van der Waals surface area (Å²) >= 11 is 12.6. The number of aliphatic hydroxyl groups excluding tert-OH is 1. The summed E-state index contributed by atoms with van der Waals surface area (Å²) in [7, 11) is 0. The zero-order valence-corrected chi connectivity index (χ0v) is 13.6. The first-order valence-electron chi connectivity index (χ1n) is 5.54. The lowest BCUT2D eigenvalue weighted by Crippen LogP contribution is -2.02. The van der Waals surface area contributed by atoms with Gasteiger partial charge in [-0.2, -0.15) is 0 Å². The van der Waals surface area contributed by atoms with Gasteiger partial charge >= 0.3 is 0 Å². The van der Waals surface area contributed by atoms with Crippen molar-refractivity contribution in [2.24, 2.45) is 0 Å². The highest BCUT2D eigenvalue weighted by atomic mass is 79.9. The third kappa shape index (κ3) is 3.78. The summed E-state index contributed by atoms with van der Waals surface area (Å²) in [6, 6.07) is 9.73. The average Bonchev–Trinajstić information content (AvgIpc) is 2.36. The van der Waals surface area contributed by atoms with E-state index < -0.39 is 6.10 Å². The zero-order chi connectivity index (χ0) is 14.0. The molecule has 5 heteroatoms. The van der Waals surface area contributed by atoms with Crippen molar-refractivity contribution < 1.29 is 9.50 Å². The molecule has 0 amide bonds. The monoisotopic (exact) mass is 406 g/mol. The molecule has 1 nitrogen and oxygen atoms in total. The van der Waals surface area contributed by atoms with Crippen LogP contribution in [0.2, 0.25) is 5.02 Å². The molecule has 0 aliphatic rings. The summed E-state index contributed by atoms with van der Waals surface area (Å²) in [6.45, 7) is 0. The lowest BCUT2D eigenvalue weighted by atomic mass is 10.0. The minimum absolute atomic E-state index is 0.309. The van der Waals surface area contributed by atoms with Crippen molar-refractivity contribution in [1.29, 1.82) is 0 Å². The summed E-state index contributed by atoms with van der Waals surface area (Å²) in [4.78, 5) is 0. The molecule has 0 fully saturated rings. The Labute approximate surface area is 132 Å². The van der Waals surface area contributed by atoms with Crippen LogP contribution in [0.15, 0.2) is 45.3 Å². The highest BCUT2D eigenvalue weighted by Crippen LogP contribution is 2.29. The summed E-state index contributed by atoms with van der Waals surface area (Å²) in [5.74, 6) is -0.309. The average molecular weight is 408 g/mol. The summed E-state index contributed by atoms with van der Waals surface area (Å²) in [5, 5.41) is 10.7. The maximum absolute atomic E-state index is 13.0. The largest absolute Gasteiger partial charge is 0.388 e. The minimum atomic E-state index is -0.688. The van der Waals surface area contributed by atoms with E-state index in [2.05, 4.69) is 31.9 Å². The van der Waals surface area contributed by atoms with E-state index in [1.165, 1.54) is 12.1 Å². The molecule has 19 heavy (non-hydrogen) atoms. The van der Waals surface area contributed by atoms with Crippen molar-refractivity contribution in [1.82, 2.24) is 0 Å². The van der Waals surface area contributed by atoms with Gasteiger partial charge in [-0.3, -0.25) is 0 Å². The normalized spacial score (nSPS) is 12.5. The third-order valence-electron chi connectivity index (χ3n) is 2.76. The van der Waals surface area contributed by atoms with Gasteiger partial charge in [-0.15, -0.1) is 0 Å². The van der Waals surface area contributed by atoms with Crippen LogP contribution < -0.4 is 0 Å². The molecule has 1 atom stereocenters. The van der Waals surface area contributed by atoms with Gasteiger partial charge in [-0.1, -0.05) is 39.7 Å². The first-order valence-corrected chi connectivity index (χ1v) is 7.50. The van der Waals surface area contributed by atoms with E-state index in [1.807, 2.05) is 0 Å². The number of benzene rings is 2. The van der Waals surface area contributed by atoms with Gasteiger partial charge in [0.1, 0.15) is 5.82 Å². The fraction of sp³-hybridized carbons (Fsp3) is 0.143. The van der Waals surface area contributed by atoms with Gasteiger partial charge in [0.05, 0.1) is 11.1 Å². The molecule has 0 saturated heterocycles. The maximum atomic E-state index is 13.0. The van der Waals surface area contributed by atoms with E-state index >= 15 is 0 Å². The van der Waals surface area contributed by atoms with E-state index in [4.69, 9.17) is 11.6 Å². The number of aliphatic hydroxyl groups is 1. The molecule has 2 rings (SSSR count). The molecule has 0 aliphatic heterocycles. The highest BCUT2D eigenvalue weighted by molar-refractivity contribution is 9.10. The van der Waals surface area contributed by atoms with E-state index in [-0.39, 0.29) is 5.82 Å². The number of hydrogen-bond donors (Lipinski definition) is 1. The van der Waals surface area contributed by atoms with Crippen molar-refractivity contribution in [2.75, 3.05) is 0 Å². The van der Waals surface area contributed by atoms with E-state index in [0.29, 0.717) is 15.9 Å². The van der Waals surface area contributed by atoms with Crippen molar-refractivity contribution in [3.63, 3.8) is 0 Å². The number of rotatable bonds is 3. The predicted molar refractivity (Wildman–Crippen MR) is 81.9 cm³/mol. The van der Waals surface area contributed by atoms with Gasteiger partial charge in [0.2, 0.25) is 0 Å². The van der Waals surface area contributed by atoms with Gasteiger partial charge in [0.15, 0.2) is 0 Å². The van der Waals surface area contributed by atoms with Gasteiger partial charge < -0.3 is 5.11 Å². The van der Waals surface area contributed by atoms with Crippen LogP contribution in [0.25, 0.3) is 0 Å². The van der Waals surface area contributed by atoms with Gasteiger partial charge in [-0.25, -0.2) is 4.39 Å². The summed E-state index contributed by atoms with van der Waals surface area (Å²) < 4.78 is 14.4. The van der Waals surface area contributed by atoms with Crippen LogP contribution in [-0.2, 0) is 6.42 Å². The third-order valence-corrected chi connectivity index (χ3v) is 4.73. The second kappa shape index (κ2) is 6.35. The number of halogens is 4. The Kier molecular flexibility index (Phi) is 5.01. The molecule has 0 saturated carbocycles. The van der Waals surface area contributed by atoms with Crippen LogP contribution in [0.1, 0.15) is 17.2 Å². The minimum Gasteiger partial charge on any atom is -0.388 e. The van der Waals surface area contributed by atoms with E-state index in [1.54, 1.807) is 24.3 Å². The molecule has 1 N–H and O–H groups in total. The molecular weight excluding hydrogens is 398 g/mol. The van der Waals surface area contributed by atoms with Gasteiger partial charge in [0, 0.05) is 15.4 Å². The van der Waals surface area contributed by atoms with Crippen LogP contribution in [0.4, 0.5) is 4.39 Å². The Morgan fingerprint density at radius 1 is 1.11 bits per heavy atom. The fourth-order valence-electron chi connectivity index (χ4n) is 1.73. The standard InChI is InChI=1S/C14H10Br2ClFO/c15-11-4-2-9(5-13(11)17)14(19)6-8-1-3-10(18)7-12(8)16/h1-5,7,14,19H,6H2. The summed E-state index contributed by atoms with van der Waals surface area (Å²) in [6.07, 6.45) is -0.300. The Hall–Kier alpha value is -0.420. The van der Waals surface area contributed by atoms with Crippen molar-refractivity contribution in [3.8, 4) is 0 Å². The second-order valence-electron chi connectivity index (χ2n) is 4.13. The quantitative estimate of drug-likeness (QED) is 0.733. The smallest absolute Gasteiger partial charge is 0.124 e. The number of hydrogen-bond acceptors (Lipinski definition) is 1. The van der Waals surface area contributed by atoms with Crippen LogP contribution in [0.5, 0.6) is 0 Å². The van der Waals surface area contributed by atoms with Crippen LogP contribution in [0.3, 0.4) is 0 Å².